The molecule has 114 valence electrons. The molecule has 0 amide bonds. The zero-order chi connectivity index (χ0) is 15.6. The van der Waals surface area contributed by atoms with Crippen LogP contribution in [0.15, 0.2) is 29.3 Å². The number of sulfonamides is 1. The Hall–Kier alpha value is -1.12. The van der Waals surface area contributed by atoms with Gasteiger partial charge in [-0.2, -0.15) is 5.10 Å². The Bertz CT molecular complexity index is 759. The number of aliphatic hydroxyl groups is 1. The van der Waals surface area contributed by atoms with E-state index >= 15 is 0 Å². The Balaban J connectivity index is 2.29. The third kappa shape index (κ3) is 3.75. The van der Waals surface area contributed by atoms with E-state index in [2.05, 4.69) is 9.82 Å². The number of halogens is 2. The molecule has 9 heteroatoms. The van der Waals surface area contributed by atoms with Crippen molar-refractivity contribution in [1.29, 1.82) is 0 Å². The molecule has 1 aromatic carbocycles. The summed E-state index contributed by atoms with van der Waals surface area (Å²) in [7, 11) is -2.13. The van der Waals surface area contributed by atoms with Crippen molar-refractivity contribution in [2.45, 2.75) is 18.0 Å². The first-order valence-corrected chi connectivity index (χ1v) is 8.14. The maximum Gasteiger partial charge on any atom is 0.242 e. The van der Waals surface area contributed by atoms with Gasteiger partial charge in [0.1, 0.15) is 4.90 Å². The minimum Gasteiger partial charge on any atom is -0.392 e. The fourth-order valence-electron chi connectivity index (χ4n) is 1.73. The number of nitrogens with one attached hydrogen (secondary N) is 1. The summed E-state index contributed by atoms with van der Waals surface area (Å²) in [4.78, 5) is -0.170. The molecule has 1 aromatic heterocycles. The van der Waals surface area contributed by atoms with Crippen LogP contribution in [0.4, 0.5) is 0 Å². The summed E-state index contributed by atoms with van der Waals surface area (Å²) in [6, 6.07) is 4.35. The van der Waals surface area contributed by atoms with Crippen LogP contribution in [0.25, 0.3) is 0 Å². The number of aryl methyl sites for hydroxylation is 1. The topological polar surface area (TPSA) is 84.2 Å². The molecular formula is C12H13Cl2N3O3S. The number of nitrogens with zero attached hydrogens (tertiary/aromatic N) is 2. The highest BCUT2D eigenvalue weighted by Gasteiger charge is 2.21. The van der Waals surface area contributed by atoms with Gasteiger partial charge in [0.05, 0.1) is 23.9 Å². The molecule has 0 aliphatic carbocycles. The number of hydrogen-bond acceptors (Lipinski definition) is 4. The van der Waals surface area contributed by atoms with Gasteiger partial charge in [0.2, 0.25) is 10.0 Å². The molecule has 1 heterocycles. The third-order valence-corrected chi connectivity index (χ3v) is 4.95. The van der Waals surface area contributed by atoms with Gasteiger partial charge in [-0.25, -0.2) is 13.1 Å². The average Bonchev–Trinajstić information content (AvgIpc) is 2.84. The van der Waals surface area contributed by atoms with Crippen LogP contribution in [0.5, 0.6) is 0 Å². The standard InChI is InChI=1S/C12H13Cl2N3O3S/c1-17-3-2-10(16-17)6-15-21(19,20)11-5-9(13)4-8(7-18)12(11)14/h2-5,15,18H,6-7H2,1H3. The molecule has 2 N–H and O–H groups in total. The third-order valence-electron chi connectivity index (χ3n) is 2.75. The second-order valence-electron chi connectivity index (χ2n) is 4.34. The average molecular weight is 350 g/mol. The van der Waals surface area contributed by atoms with Crippen LogP contribution in [-0.2, 0) is 30.2 Å². The normalized spacial score (nSPS) is 11.8. The van der Waals surface area contributed by atoms with E-state index in [9.17, 15) is 13.5 Å². The molecule has 0 aliphatic heterocycles. The van der Waals surface area contributed by atoms with Crippen molar-refractivity contribution in [3.63, 3.8) is 0 Å². The molecular weight excluding hydrogens is 337 g/mol. The fraction of sp³-hybridized carbons (Fsp3) is 0.250. The zero-order valence-corrected chi connectivity index (χ0v) is 13.4. The SMILES string of the molecule is Cn1ccc(CNS(=O)(=O)c2cc(Cl)cc(CO)c2Cl)n1. The van der Waals surface area contributed by atoms with Crippen molar-refractivity contribution in [2.24, 2.45) is 7.05 Å². The molecule has 0 bridgehead atoms. The molecule has 2 rings (SSSR count). The highest BCUT2D eigenvalue weighted by atomic mass is 35.5. The predicted octanol–water partition coefficient (Wildman–Crippen LogP) is 1.70. The summed E-state index contributed by atoms with van der Waals surface area (Å²) >= 11 is 11.8. The van der Waals surface area contributed by atoms with Crippen molar-refractivity contribution >= 4 is 33.2 Å². The molecule has 0 spiro atoms. The van der Waals surface area contributed by atoms with E-state index in [4.69, 9.17) is 23.2 Å². The summed E-state index contributed by atoms with van der Waals surface area (Å²) in [5.74, 6) is 0. The Labute approximate surface area is 132 Å². The second-order valence-corrected chi connectivity index (χ2v) is 6.89. The van der Waals surface area contributed by atoms with Crippen molar-refractivity contribution < 1.29 is 13.5 Å². The number of hydrogen-bond donors (Lipinski definition) is 2. The monoisotopic (exact) mass is 349 g/mol. The van der Waals surface area contributed by atoms with Crippen LogP contribution in [0.3, 0.4) is 0 Å². The number of rotatable bonds is 5. The van der Waals surface area contributed by atoms with Crippen LogP contribution in [0.1, 0.15) is 11.3 Å². The van der Waals surface area contributed by atoms with E-state index in [1.165, 1.54) is 12.1 Å². The molecule has 0 atom stereocenters. The molecule has 0 fully saturated rings. The molecule has 0 radical (unpaired) electrons. The first kappa shape index (κ1) is 16.3. The van der Waals surface area contributed by atoms with Gasteiger partial charge in [0, 0.05) is 18.3 Å². The van der Waals surface area contributed by atoms with Gasteiger partial charge >= 0.3 is 0 Å². The lowest BCUT2D eigenvalue weighted by molar-refractivity contribution is 0.281. The van der Waals surface area contributed by atoms with Gasteiger partial charge in [-0.05, 0) is 23.8 Å². The van der Waals surface area contributed by atoms with Crippen molar-refractivity contribution in [3.8, 4) is 0 Å². The minimum atomic E-state index is -3.86. The first-order chi connectivity index (χ1) is 9.83. The zero-order valence-electron chi connectivity index (χ0n) is 11.0. The van der Waals surface area contributed by atoms with Crippen LogP contribution < -0.4 is 4.72 Å². The molecule has 0 unspecified atom stereocenters. The van der Waals surface area contributed by atoms with Crippen molar-refractivity contribution in [1.82, 2.24) is 14.5 Å². The van der Waals surface area contributed by atoms with E-state index in [0.29, 0.717) is 5.69 Å². The molecule has 6 nitrogen and oxygen atoms in total. The highest BCUT2D eigenvalue weighted by Crippen LogP contribution is 2.29. The summed E-state index contributed by atoms with van der Waals surface area (Å²) in [6.07, 6.45) is 1.71. The summed E-state index contributed by atoms with van der Waals surface area (Å²) in [5.41, 5.74) is 0.823. The van der Waals surface area contributed by atoms with E-state index in [-0.39, 0.29) is 27.0 Å². The Morgan fingerprint density at radius 2 is 2.10 bits per heavy atom. The van der Waals surface area contributed by atoms with Gasteiger partial charge in [-0.1, -0.05) is 23.2 Å². The maximum atomic E-state index is 12.3. The minimum absolute atomic E-state index is 0.0282. The smallest absolute Gasteiger partial charge is 0.242 e. The van der Waals surface area contributed by atoms with E-state index in [0.717, 1.165) is 0 Å². The second kappa shape index (κ2) is 6.33. The van der Waals surface area contributed by atoms with Crippen LogP contribution in [-0.4, -0.2) is 23.3 Å². The first-order valence-electron chi connectivity index (χ1n) is 5.90. The lowest BCUT2D eigenvalue weighted by atomic mass is 10.2. The predicted molar refractivity (Wildman–Crippen MR) is 79.6 cm³/mol. The molecule has 0 saturated heterocycles. The fourth-order valence-corrected chi connectivity index (χ4v) is 3.65. The number of aliphatic hydroxyl groups excluding tert-OH is 1. The van der Waals surface area contributed by atoms with Gasteiger partial charge < -0.3 is 5.11 Å². The molecule has 21 heavy (non-hydrogen) atoms. The van der Waals surface area contributed by atoms with E-state index < -0.39 is 16.6 Å². The number of aromatic nitrogens is 2. The Kier molecular flexibility index (Phi) is 4.90. The van der Waals surface area contributed by atoms with Gasteiger partial charge in [0.15, 0.2) is 0 Å². The van der Waals surface area contributed by atoms with Gasteiger partial charge in [-0.15, -0.1) is 0 Å². The van der Waals surface area contributed by atoms with E-state index in [1.54, 1.807) is 24.0 Å². The maximum absolute atomic E-state index is 12.3. The summed E-state index contributed by atoms with van der Waals surface area (Å²) in [6.45, 7) is -0.372. The highest BCUT2D eigenvalue weighted by molar-refractivity contribution is 7.89. The quantitative estimate of drug-likeness (QED) is 0.860. The Morgan fingerprint density at radius 3 is 2.67 bits per heavy atom. The van der Waals surface area contributed by atoms with Gasteiger partial charge in [-0.3, -0.25) is 4.68 Å². The summed E-state index contributed by atoms with van der Waals surface area (Å²) < 4.78 is 28.5. The summed E-state index contributed by atoms with van der Waals surface area (Å²) in [5, 5.41) is 13.4. The van der Waals surface area contributed by atoms with Crippen LogP contribution >= 0.6 is 23.2 Å². The van der Waals surface area contributed by atoms with Crippen LogP contribution in [0, 0.1) is 0 Å². The number of benzene rings is 1. The largest absolute Gasteiger partial charge is 0.392 e. The molecule has 0 saturated carbocycles. The molecule has 0 aliphatic rings. The lowest BCUT2D eigenvalue weighted by Crippen LogP contribution is -2.24. The van der Waals surface area contributed by atoms with Crippen LogP contribution in [0.2, 0.25) is 10.0 Å². The lowest BCUT2D eigenvalue weighted by Gasteiger charge is -2.10. The van der Waals surface area contributed by atoms with Crippen molar-refractivity contribution in [3.05, 3.63) is 45.7 Å². The van der Waals surface area contributed by atoms with E-state index in [1.807, 2.05) is 0 Å². The van der Waals surface area contributed by atoms with Gasteiger partial charge in [0.25, 0.3) is 0 Å². The van der Waals surface area contributed by atoms with Crippen molar-refractivity contribution in [2.75, 3.05) is 0 Å². The molecule has 2 aromatic rings. The Morgan fingerprint density at radius 1 is 1.38 bits per heavy atom.